The molecule has 0 aliphatic rings. The third-order valence-electron chi connectivity index (χ3n) is 4.12. The van der Waals surface area contributed by atoms with Crippen LogP contribution in [-0.2, 0) is 10.0 Å². The molecule has 0 atom stereocenters. The Morgan fingerprint density at radius 1 is 1.11 bits per heavy atom. The summed E-state index contributed by atoms with van der Waals surface area (Å²) in [5.74, 6) is -1.39. The molecular weight excluding hydrogens is 390 g/mol. The molecule has 4 aromatic rings. The highest BCUT2D eigenvalue weighted by molar-refractivity contribution is 7.90. The van der Waals surface area contributed by atoms with Gasteiger partial charge in [-0.25, -0.2) is 8.77 Å². The van der Waals surface area contributed by atoms with Crippen molar-refractivity contribution >= 4 is 38.5 Å². The zero-order chi connectivity index (χ0) is 19.2. The fraction of sp³-hybridized carbons (Fsp3) is 0. The van der Waals surface area contributed by atoms with Crippen LogP contribution in [0.3, 0.4) is 0 Å². The number of benzene rings is 2. The van der Waals surface area contributed by atoms with Crippen molar-refractivity contribution in [2.45, 2.75) is 5.03 Å². The second-order valence-corrected chi connectivity index (χ2v) is 7.95. The van der Waals surface area contributed by atoms with Crippen LogP contribution in [0.1, 0.15) is 10.4 Å². The second kappa shape index (κ2) is 6.26. The number of hydrogen-bond acceptors (Lipinski definition) is 4. The summed E-state index contributed by atoms with van der Waals surface area (Å²) in [5.41, 5.74) is 0.998. The Labute approximate surface area is 158 Å². The third kappa shape index (κ3) is 2.79. The van der Waals surface area contributed by atoms with Gasteiger partial charge in [-0.2, -0.15) is 13.5 Å². The number of aromatic nitrogens is 3. The fourth-order valence-corrected chi connectivity index (χ4v) is 4.74. The van der Waals surface area contributed by atoms with Gasteiger partial charge in [0.05, 0.1) is 17.4 Å². The van der Waals surface area contributed by atoms with E-state index < -0.39 is 26.6 Å². The van der Waals surface area contributed by atoms with Crippen molar-refractivity contribution in [1.29, 1.82) is 0 Å². The first kappa shape index (κ1) is 17.3. The highest BCUT2D eigenvalue weighted by Gasteiger charge is 2.30. The Morgan fingerprint density at radius 3 is 2.56 bits per heavy atom. The van der Waals surface area contributed by atoms with Crippen LogP contribution in [-0.4, -0.2) is 33.7 Å². The maximum atomic E-state index is 13.4. The molecule has 27 heavy (non-hydrogen) atoms. The summed E-state index contributed by atoms with van der Waals surface area (Å²) in [7, 11) is -4.27. The van der Waals surface area contributed by atoms with Crippen molar-refractivity contribution in [3.63, 3.8) is 0 Å². The number of H-pyrrole nitrogens is 1. The maximum absolute atomic E-state index is 13.4. The number of hydrogen-bond donors (Lipinski definition) is 2. The van der Waals surface area contributed by atoms with Gasteiger partial charge in [0.1, 0.15) is 5.56 Å². The Bertz CT molecular complexity index is 1280. The second-order valence-electron chi connectivity index (χ2n) is 5.79. The summed E-state index contributed by atoms with van der Waals surface area (Å²) in [6.45, 7) is 0. The zero-order valence-corrected chi connectivity index (χ0v) is 15.2. The molecule has 136 valence electrons. The first-order valence-electron chi connectivity index (χ1n) is 7.78. The Morgan fingerprint density at radius 2 is 1.85 bits per heavy atom. The number of aromatic carboxylic acids is 1. The quantitative estimate of drug-likeness (QED) is 0.543. The van der Waals surface area contributed by atoms with Crippen LogP contribution >= 0.6 is 11.6 Å². The molecule has 0 amide bonds. The van der Waals surface area contributed by atoms with Gasteiger partial charge in [-0.3, -0.25) is 5.10 Å². The highest BCUT2D eigenvalue weighted by Crippen LogP contribution is 2.33. The zero-order valence-electron chi connectivity index (χ0n) is 13.6. The van der Waals surface area contributed by atoms with E-state index in [0.717, 1.165) is 10.2 Å². The number of rotatable bonds is 4. The van der Waals surface area contributed by atoms with Crippen molar-refractivity contribution in [3.05, 3.63) is 71.4 Å². The van der Waals surface area contributed by atoms with E-state index in [0.29, 0.717) is 27.2 Å². The molecule has 2 aromatic heterocycles. The van der Waals surface area contributed by atoms with Crippen LogP contribution in [0.15, 0.2) is 65.8 Å². The molecule has 0 fully saturated rings. The van der Waals surface area contributed by atoms with Gasteiger partial charge in [0, 0.05) is 10.4 Å². The first-order chi connectivity index (χ1) is 12.9. The average molecular weight is 402 g/mol. The lowest BCUT2D eigenvalue weighted by Crippen LogP contribution is -2.17. The van der Waals surface area contributed by atoms with Gasteiger partial charge in [-0.05, 0) is 29.8 Å². The molecule has 2 heterocycles. The molecule has 0 aliphatic carbocycles. The van der Waals surface area contributed by atoms with Gasteiger partial charge in [-0.15, -0.1) is 0 Å². The average Bonchev–Trinajstić information content (AvgIpc) is 3.27. The number of carboxylic acids is 1. The van der Waals surface area contributed by atoms with E-state index in [2.05, 4.69) is 10.2 Å². The molecule has 2 N–H and O–H groups in total. The minimum Gasteiger partial charge on any atom is -0.478 e. The molecule has 0 unspecified atom stereocenters. The van der Waals surface area contributed by atoms with Crippen LogP contribution in [0.4, 0.5) is 0 Å². The van der Waals surface area contributed by atoms with E-state index in [-0.39, 0.29) is 0 Å². The van der Waals surface area contributed by atoms with Crippen molar-refractivity contribution in [2.75, 3.05) is 0 Å². The summed E-state index contributed by atoms with van der Waals surface area (Å²) in [5, 5.41) is 15.8. The van der Waals surface area contributed by atoms with Gasteiger partial charge in [0.25, 0.3) is 10.0 Å². The third-order valence-corrected chi connectivity index (χ3v) is 6.06. The van der Waals surface area contributed by atoms with Gasteiger partial charge < -0.3 is 5.11 Å². The normalized spacial score (nSPS) is 11.7. The van der Waals surface area contributed by atoms with E-state index in [1.165, 1.54) is 0 Å². The smallest absolute Gasteiger partial charge is 0.340 e. The molecule has 9 heteroatoms. The monoisotopic (exact) mass is 401 g/mol. The number of fused-ring (bicyclic) bond motifs is 1. The molecule has 4 rings (SSSR count). The number of carbonyl (C=O) groups is 1. The predicted octanol–water partition coefficient (Wildman–Crippen LogP) is 3.62. The van der Waals surface area contributed by atoms with Crippen molar-refractivity contribution in [2.24, 2.45) is 0 Å². The Balaban J connectivity index is 2.08. The summed E-state index contributed by atoms with van der Waals surface area (Å²) < 4.78 is 27.8. The largest absolute Gasteiger partial charge is 0.478 e. The van der Waals surface area contributed by atoms with Crippen LogP contribution in [0.25, 0.3) is 22.2 Å². The van der Waals surface area contributed by atoms with Gasteiger partial charge in [-0.1, -0.05) is 41.9 Å². The van der Waals surface area contributed by atoms with Crippen molar-refractivity contribution in [3.8, 4) is 11.3 Å². The van der Waals surface area contributed by atoms with Crippen LogP contribution < -0.4 is 0 Å². The minimum atomic E-state index is -4.27. The number of aromatic amines is 1. The SMILES string of the molecule is O=C(O)c1cn[nH]c1S(=O)(=O)n1c(-c2ccccc2)cc2cc(Cl)ccc21. The van der Waals surface area contributed by atoms with Crippen LogP contribution in [0.2, 0.25) is 5.02 Å². The predicted molar refractivity (Wildman–Crippen MR) is 101 cm³/mol. The first-order valence-corrected chi connectivity index (χ1v) is 9.60. The van der Waals surface area contributed by atoms with Crippen molar-refractivity contribution in [1.82, 2.24) is 14.2 Å². The van der Waals surface area contributed by atoms with E-state index in [1.807, 2.05) is 6.07 Å². The number of nitrogens with one attached hydrogen (secondary N) is 1. The molecule has 0 aliphatic heterocycles. The van der Waals surface area contributed by atoms with Gasteiger partial charge in [0.2, 0.25) is 0 Å². The molecule has 0 radical (unpaired) electrons. The minimum absolute atomic E-state index is 0.379. The summed E-state index contributed by atoms with van der Waals surface area (Å²) in [4.78, 5) is 11.4. The lowest BCUT2D eigenvalue weighted by molar-refractivity contribution is 0.0692. The van der Waals surface area contributed by atoms with Gasteiger partial charge >= 0.3 is 5.97 Å². The van der Waals surface area contributed by atoms with Crippen LogP contribution in [0, 0.1) is 0 Å². The molecule has 0 bridgehead atoms. The molecule has 0 spiro atoms. The molecule has 0 saturated heterocycles. The maximum Gasteiger partial charge on any atom is 0.340 e. The van der Waals surface area contributed by atoms with E-state index in [4.69, 9.17) is 11.6 Å². The van der Waals surface area contributed by atoms with Crippen LogP contribution in [0.5, 0.6) is 0 Å². The molecule has 0 saturated carbocycles. The number of halogens is 1. The number of carboxylic acid groups (broad SMARTS) is 1. The Hall–Kier alpha value is -3.10. The molecule has 7 nitrogen and oxygen atoms in total. The lowest BCUT2D eigenvalue weighted by Gasteiger charge is -2.11. The lowest BCUT2D eigenvalue weighted by atomic mass is 10.1. The fourth-order valence-electron chi connectivity index (χ4n) is 2.94. The molecular formula is C18H12ClN3O4S. The summed E-state index contributed by atoms with van der Waals surface area (Å²) in [6.07, 6.45) is 0.972. The molecule has 2 aromatic carbocycles. The standard InChI is InChI=1S/C18H12ClN3O4S/c19-13-6-7-15-12(8-13)9-16(11-4-2-1-3-5-11)22(15)27(25,26)17-14(18(23)24)10-20-21-17/h1-10H,(H,20,21)(H,23,24). The highest BCUT2D eigenvalue weighted by atomic mass is 35.5. The van der Waals surface area contributed by atoms with Gasteiger partial charge in [0.15, 0.2) is 5.03 Å². The summed E-state index contributed by atoms with van der Waals surface area (Å²) >= 11 is 6.05. The number of nitrogens with zero attached hydrogens (tertiary/aromatic N) is 2. The Kier molecular flexibility index (Phi) is 4.01. The van der Waals surface area contributed by atoms with E-state index in [1.54, 1.807) is 48.5 Å². The van der Waals surface area contributed by atoms with Crippen molar-refractivity contribution < 1.29 is 18.3 Å². The van der Waals surface area contributed by atoms with E-state index in [9.17, 15) is 18.3 Å². The van der Waals surface area contributed by atoms with E-state index >= 15 is 0 Å². The topological polar surface area (TPSA) is 105 Å². The summed E-state index contributed by atoms with van der Waals surface area (Å²) in [6, 6.07) is 15.4.